The van der Waals surface area contributed by atoms with E-state index < -0.39 is 5.97 Å². The van der Waals surface area contributed by atoms with E-state index in [4.69, 9.17) is 26.8 Å². The van der Waals surface area contributed by atoms with Gasteiger partial charge in [-0.1, -0.05) is 48.0 Å². The number of aromatic nitrogens is 3. The molecule has 0 aliphatic heterocycles. The predicted molar refractivity (Wildman–Crippen MR) is 129 cm³/mol. The van der Waals surface area contributed by atoms with Crippen LogP contribution in [0.2, 0.25) is 5.02 Å². The minimum absolute atomic E-state index is 0.171. The third kappa shape index (κ3) is 4.49. The molecule has 0 unspecified atom stereocenters. The second-order valence-corrected chi connectivity index (χ2v) is 8.79. The molecule has 2 aromatic heterocycles. The van der Waals surface area contributed by atoms with Crippen molar-refractivity contribution in [2.24, 2.45) is 0 Å². The molecule has 2 N–H and O–H groups in total. The molecular weight excluding hydrogens is 436 g/mol. The first-order valence-electron chi connectivity index (χ1n) is 11.3. The molecule has 2 heterocycles. The van der Waals surface area contributed by atoms with Crippen molar-refractivity contribution in [3.05, 3.63) is 76.4 Å². The zero-order chi connectivity index (χ0) is 22.8. The Labute approximate surface area is 197 Å². The number of aliphatic carboxylic acids is 1. The standard InChI is InChI=1S/C26H25ClN4O2/c27-25-21(20-8-2-6-18-5-1-7-19(18)20)9-3-10-22(25)26-29-23-13-12-17(16-31(23)30-26)15-28-14-4-11-24(32)33/h2-3,6,8-10,12-13,16,28H,1,4-5,7,11,14-15H2,(H,32,33). The molecule has 2 aromatic carbocycles. The van der Waals surface area contributed by atoms with Crippen molar-refractivity contribution >= 4 is 23.2 Å². The van der Waals surface area contributed by atoms with Gasteiger partial charge in [0.05, 0.1) is 5.02 Å². The van der Waals surface area contributed by atoms with Crippen LogP contribution < -0.4 is 5.32 Å². The lowest BCUT2D eigenvalue weighted by Crippen LogP contribution is -2.16. The Bertz CT molecular complexity index is 1330. The Morgan fingerprint density at radius 1 is 1.06 bits per heavy atom. The highest BCUT2D eigenvalue weighted by Crippen LogP contribution is 2.39. The van der Waals surface area contributed by atoms with Crippen LogP contribution in [-0.2, 0) is 24.2 Å². The van der Waals surface area contributed by atoms with E-state index in [-0.39, 0.29) is 6.42 Å². The molecular formula is C26H25ClN4O2. The van der Waals surface area contributed by atoms with Gasteiger partial charge < -0.3 is 10.4 Å². The van der Waals surface area contributed by atoms with Crippen molar-refractivity contribution in [3.8, 4) is 22.5 Å². The maximum absolute atomic E-state index is 10.6. The van der Waals surface area contributed by atoms with E-state index in [0.717, 1.165) is 35.2 Å². The Balaban J connectivity index is 1.40. The number of pyridine rings is 1. The van der Waals surface area contributed by atoms with Crippen LogP contribution in [0.4, 0.5) is 0 Å². The molecule has 0 fully saturated rings. The zero-order valence-corrected chi connectivity index (χ0v) is 19.0. The largest absolute Gasteiger partial charge is 0.481 e. The van der Waals surface area contributed by atoms with E-state index in [9.17, 15) is 4.79 Å². The molecule has 0 bridgehead atoms. The zero-order valence-electron chi connectivity index (χ0n) is 18.2. The van der Waals surface area contributed by atoms with Gasteiger partial charge in [-0.3, -0.25) is 4.79 Å². The van der Waals surface area contributed by atoms with E-state index >= 15 is 0 Å². The maximum Gasteiger partial charge on any atom is 0.303 e. The van der Waals surface area contributed by atoms with Gasteiger partial charge in [-0.25, -0.2) is 9.50 Å². The van der Waals surface area contributed by atoms with Gasteiger partial charge in [0.15, 0.2) is 11.5 Å². The fraction of sp³-hybridized carbons (Fsp3) is 0.269. The van der Waals surface area contributed by atoms with Crippen LogP contribution in [-0.4, -0.2) is 32.2 Å². The number of hydrogen-bond donors (Lipinski definition) is 2. The quantitative estimate of drug-likeness (QED) is 0.355. The molecule has 0 radical (unpaired) electrons. The van der Waals surface area contributed by atoms with Crippen molar-refractivity contribution in [1.29, 1.82) is 0 Å². The summed E-state index contributed by atoms with van der Waals surface area (Å²) < 4.78 is 1.77. The fourth-order valence-electron chi connectivity index (χ4n) is 4.53. The number of carboxylic acid groups (broad SMARTS) is 1. The van der Waals surface area contributed by atoms with Gasteiger partial charge in [-0.2, -0.15) is 0 Å². The average molecular weight is 461 g/mol. The molecule has 0 atom stereocenters. The molecule has 0 spiro atoms. The predicted octanol–water partition coefficient (Wildman–Crippen LogP) is 5.16. The van der Waals surface area contributed by atoms with E-state index in [2.05, 4.69) is 29.6 Å². The van der Waals surface area contributed by atoms with Gasteiger partial charge >= 0.3 is 5.97 Å². The molecule has 0 amide bonds. The molecule has 0 saturated heterocycles. The highest BCUT2D eigenvalue weighted by atomic mass is 35.5. The van der Waals surface area contributed by atoms with Crippen LogP contribution in [0, 0.1) is 0 Å². The summed E-state index contributed by atoms with van der Waals surface area (Å²) in [6, 6.07) is 16.5. The van der Waals surface area contributed by atoms with Gasteiger partial charge in [0.2, 0.25) is 0 Å². The number of fused-ring (bicyclic) bond motifs is 2. The van der Waals surface area contributed by atoms with E-state index in [1.54, 1.807) is 4.52 Å². The SMILES string of the molecule is O=C(O)CCCNCc1ccc2nc(-c3cccc(-c4cccc5c4CCC5)c3Cl)nn2c1. The summed E-state index contributed by atoms with van der Waals surface area (Å²) in [6.45, 7) is 1.29. The van der Waals surface area contributed by atoms with Gasteiger partial charge in [-0.15, -0.1) is 5.10 Å². The lowest BCUT2D eigenvalue weighted by Gasteiger charge is -2.12. The minimum Gasteiger partial charge on any atom is -0.481 e. The summed E-state index contributed by atoms with van der Waals surface area (Å²) in [5, 5.41) is 17.4. The smallest absolute Gasteiger partial charge is 0.303 e. The number of halogens is 1. The number of carboxylic acids is 1. The average Bonchev–Trinajstić information content (AvgIpc) is 3.45. The highest BCUT2D eigenvalue weighted by molar-refractivity contribution is 6.36. The van der Waals surface area contributed by atoms with Crippen LogP contribution >= 0.6 is 11.6 Å². The second kappa shape index (κ2) is 9.33. The number of nitrogens with one attached hydrogen (secondary N) is 1. The lowest BCUT2D eigenvalue weighted by molar-refractivity contribution is -0.137. The summed E-state index contributed by atoms with van der Waals surface area (Å²) in [6.07, 6.45) is 6.12. The van der Waals surface area contributed by atoms with E-state index in [1.165, 1.54) is 23.1 Å². The fourth-order valence-corrected chi connectivity index (χ4v) is 4.84. The summed E-state index contributed by atoms with van der Waals surface area (Å²) in [7, 11) is 0. The first-order chi connectivity index (χ1) is 16.1. The molecule has 168 valence electrons. The number of rotatable bonds is 8. The molecule has 7 heteroatoms. The van der Waals surface area contributed by atoms with Gasteiger partial charge in [0.1, 0.15) is 0 Å². The Morgan fingerprint density at radius 2 is 1.88 bits per heavy atom. The number of benzene rings is 2. The Morgan fingerprint density at radius 3 is 2.76 bits per heavy atom. The summed E-state index contributed by atoms with van der Waals surface area (Å²) in [5.74, 6) is -0.172. The topological polar surface area (TPSA) is 79.5 Å². The van der Waals surface area contributed by atoms with Crippen LogP contribution in [0.25, 0.3) is 28.2 Å². The van der Waals surface area contributed by atoms with Crippen molar-refractivity contribution in [1.82, 2.24) is 19.9 Å². The molecule has 5 rings (SSSR count). The number of aryl methyl sites for hydroxylation is 1. The third-order valence-electron chi connectivity index (χ3n) is 6.14. The second-order valence-electron chi connectivity index (χ2n) is 8.41. The van der Waals surface area contributed by atoms with Crippen LogP contribution in [0.1, 0.15) is 36.0 Å². The molecule has 1 aliphatic rings. The van der Waals surface area contributed by atoms with Crippen molar-refractivity contribution < 1.29 is 9.90 Å². The monoisotopic (exact) mass is 460 g/mol. The lowest BCUT2D eigenvalue weighted by atomic mass is 9.95. The normalized spacial score (nSPS) is 12.9. The van der Waals surface area contributed by atoms with Crippen LogP contribution in [0.15, 0.2) is 54.7 Å². The van der Waals surface area contributed by atoms with Gasteiger partial charge in [0, 0.05) is 30.3 Å². The summed E-state index contributed by atoms with van der Waals surface area (Å²) in [5.41, 5.74) is 7.68. The van der Waals surface area contributed by atoms with Crippen LogP contribution in [0.3, 0.4) is 0 Å². The van der Waals surface area contributed by atoms with Crippen molar-refractivity contribution in [2.75, 3.05) is 6.54 Å². The Hall–Kier alpha value is -3.22. The molecule has 33 heavy (non-hydrogen) atoms. The molecule has 1 aliphatic carbocycles. The number of carbonyl (C=O) groups is 1. The first kappa shape index (κ1) is 21.6. The highest BCUT2D eigenvalue weighted by Gasteiger charge is 2.19. The maximum atomic E-state index is 10.6. The van der Waals surface area contributed by atoms with E-state index in [0.29, 0.717) is 30.4 Å². The molecule has 0 saturated carbocycles. The molecule has 6 nitrogen and oxygen atoms in total. The summed E-state index contributed by atoms with van der Waals surface area (Å²) in [4.78, 5) is 15.3. The first-order valence-corrected chi connectivity index (χ1v) is 11.7. The van der Waals surface area contributed by atoms with E-state index in [1.807, 2.05) is 30.5 Å². The van der Waals surface area contributed by atoms with Gasteiger partial charge in [0.25, 0.3) is 0 Å². The van der Waals surface area contributed by atoms with Crippen molar-refractivity contribution in [3.63, 3.8) is 0 Å². The number of nitrogens with zero attached hydrogens (tertiary/aromatic N) is 3. The van der Waals surface area contributed by atoms with Crippen LogP contribution in [0.5, 0.6) is 0 Å². The molecule has 4 aromatic rings. The Kier molecular flexibility index (Phi) is 6.11. The summed E-state index contributed by atoms with van der Waals surface area (Å²) >= 11 is 6.92. The number of hydrogen-bond acceptors (Lipinski definition) is 4. The minimum atomic E-state index is -0.771. The van der Waals surface area contributed by atoms with Gasteiger partial charge in [-0.05, 0) is 66.6 Å². The third-order valence-corrected chi connectivity index (χ3v) is 6.55. The van der Waals surface area contributed by atoms with Crippen molar-refractivity contribution in [2.45, 2.75) is 38.6 Å².